The highest BCUT2D eigenvalue weighted by molar-refractivity contribution is 6.12. The van der Waals surface area contributed by atoms with E-state index >= 15 is 0 Å². The van der Waals surface area contributed by atoms with Gasteiger partial charge in [0.2, 0.25) is 0 Å². The van der Waals surface area contributed by atoms with E-state index in [-0.39, 0.29) is 22.6 Å². The number of ether oxygens (including phenoxy) is 2. The third-order valence-corrected chi connectivity index (χ3v) is 7.09. The molecule has 1 aliphatic heterocycles. The van der Waals surface area contributed by atoms with Gasteiger partial charge in [0.15, 0.2) is 0 Å². The van der Waals surface area contributed by atoms with Crippen LogP contribution in [0.2, 0.25) is 0 Å². The standard InChI is InChI=1S/C32H34N4O5/c1-19-33-27-23(12-10-14-25(27)36(19)30(39)41-31(2,3)4)34-28(37)21-16-15-20(17-26(21)40-7)29(38)35-18-32(5,6)22-11-8-9-13-24(22)35/h8-17H,18H2,1-7H3,(H,34,37). The predicted molar refractivity (Wildman–Crippen MR) is 158 cm³/mol. The number of methoxy groups -OCH3 is 1. The zero-order chi connectivity index (χ0) is 29.7. The molecule has 1 aromatic heterocycles. The molecule has 0 saturated heterocycles. The quantitative estimate of drug-likeness (QED) is 0.316. The van der Waals surface area contributed by atoms with Gasteiger partial charge in [0.25, 0.3) is 11.8 Å². The van der Waals surface area contributed by atoms with Crippen molar-refractivity contribution >= 4 is 40.3 Å². The maximum absolute atomic E-state index is 13.6. The van der Waals surface area contributed by atoms with Crippen molar-refractivity contribution in [3.8, 4) is 5.75 Å². The molecule has 0 spiro atoms. The van der Waals surface area contributed by atoms with Crippen LogP contribution in [0.4, 0.5) is 16.2 Å². The lowest BCUT2D eigenvalue weighted by Crippen LogP contribution is -2.34. The molecule has 3 aromatic carbocycles. The summed E-state index contributed by atoms with van der Waals surface area (Å²) >= 11 is 0. The van der Waals surface area contributed by atoms with Crippen LogP contribution in [0.3, 0.4) is 0 Å². The van der Waals surface area contributed by atoms with Crippen LogP contribution in [-0.2, 0) is 10.2 Å². The van der Waals surface area contributed by atoms with Gasteiger partial charge in [-0.15, -0.1) is 0 Å². The minimum atomic E-state index is -0.676. The Bertz CT molecular complexity index is 1700. The number of fused-ring (bicyclic) bond motifs is 2. The van der Waals surface area contributed by atoms with E-state index in [2.05, 4.69) is 30.2 Å². The molecule has 1 aliphatic rings. The first-order valence-electron chi connectivity index (χ1n) is 13.4. The maximum Gasteiger partial charge on any atom is 0.420 e. The van der Waals surface area contributed by atoms with Gasteiger partial charge in [-0.3, -0.25) is 9.59 Å². The highest BCUT2D eigenvalue weighted by Gasteiger charge is 2.38. The summed E-state index contributed by atoms with van der Waals surface area (Å²) < 4.78 is 12.5. The fourth-order valence-electron chi connectivity index (χ4n) is 5.24. The number of rotatable bonds is 4. The number of carbonyl (C=O) groups is 3. The topological polar surface area (TPSA) is 103 Å². The number of amides is 2. The van der Waals surface area contributed by atoms with Crippen molar-refractivity contribution in [2.45, 2.75) is 52.6 Å². The molecule has 2 amide bonds. The van der Waals surface area contributed by atoms with Gasteiger partial charge in [-0.1, -0.05) is 38.1 Å². The summed E-state index contributed by atoms with van der Waals surface area (Å²) in [6.07, 6.45) is -0.549. The number of nitrogens with one attached hydrogen (secondary N) is 1. The van der Waals surface area contributed by atoms with Gasteiger partial charge in [-0.2, -0.15) is 0 Å². The second-order valence-corrected chi connectivity index (χ2v) is 11.8. The first kappa shape index (κ1) is 27.9. The lowest BCUT2D eigenvalue weighted by molar-refractivity contribution is 0.0540. The number of benzene rings is 3. The Morgan fingerprint density at radius 3 is 2.44 bits per heavy atom. The SMILES string of the molecule is COc1cc(C(=O)N2CC(C)(C)c3ccccc32)ccc1C(=O)Nc1cccc2c1nc(C)n2C(=O)OC(C)(C)C. The molecular formula is C32H34N4O5. The average molecular weight is 555 g/mol. The Balaban J connectivity index is 1.42. The molecule has 0 fully saturated rings. The zero-order valence-electron chi connectivity index (χ0n) is 24.4. The van der Waals surface area contributed by atoms with Crippen molar-refractivity contribution < 1.29 is 23.9 Å². The van der Waals surface area contributed by atoms with Gasteiger partial charge in [0, 0.05) is 23.2 Å². The molecule has 212 valence electrons. The van der Waals surface area contributed by atoms with Crippen molar-refractivity contribution in [1.82, 2.24) is 9.55 Å². The van der Waals surface area contributed by atoms with Crippen LogP contribution >= 0.6 is 0 Å². The average Bonchev–Trinajstić information content (AvgIpc) is 3.40. The number of aryl methyl sites for hydroxylation is 1. The van der Waals surface area contributed by atoms with E-state index in [1.54, 1.807) is 69.0 Å². The molecule has 0 radical (unpaired) electrons. The summed E-state index contributed by atoms with van der Waals surface area (Å²) in [5, 5.41) is 2.89. The van der Waals surface area contributed by atoms with E-state index in [0.717, 1.165) is 11.3 Å². The van der Waals surface area contributed by atoms with E-state index in [4.69, 9.17) is 9.47 Å². The number of para-hydroxylation sites is 2. The number of imidazole rings is 1. The van der Waals surface area contributed by atoms with Crippen LogP contribution in [0, 0.1) is 6.92 Å². The molecule has 0 unspecified atom stereocenters. The third-order valence-electron chi connectivity index (χ3n) is 7.09. The molecule has 0 bridgehead atoms. The van der Waals surface area contributed by atoms with Crippen molar-refractivity contribution in [2.24, 2.45) is 0 Å². The van der Waals surface area contributed by atoms with Gasteiger partial charge in [-0.05, 0) is 69.7 Å². The fraction of sp³-hybridized carbons (Fsp3) is 0.312. The molecule has 9 nitrogen and oxygen atoms in total. The largest absolute Gasteiger partial charge is 0.496 e. The van der Waals surface area contributed by atoms with Gasteiger partial charge in [0.05, 0.1) is 23.9 Å². The minimum absolute atomic E-state index is 0.166. The molecule has 0 aliphatic carbocycles. The second-order valence-electron chi connectivity index (χ2n) is 11.8. The van der Waals surface area contributed by atoms with E-state index in [1.165, 1.54) is 11.7 Å². The van der Waals surface area contributed by atoms with Crippen LogP contribution in [-0.4, -0.2) is 46.7 Å². The van der Waals surface area contributed by atoms with Crippen LogP contribution in [0.5, 0.6) is 5.75 Å². The smallest absolute Gasteiger partial charge is 0.420 e. The van der Waals surface area contributed by atoms with E-state index in [9.17, 15) is 14.4 Å². The van der Waals surface area contributed by atoms with Gasteiger partial charge in [0.1, 0.15) is 22.7 Å². The Hall–Kier alpha value is -4.66. The first-order valence-corrected chi connectivity index (χ1v) is 13.4. The number of carbonyl (C=O) groups excluding carboxylic acids is 3. The highest BCUT2D eigenvalue weighted by Crippen LogP contribution is 2.41. The van der Waals surface area contributed by atoms with Crippen LogP contribution in [0.1, 0.15) is 66.7 Å². The number of aromatic nitrogens is 2. The predicted octanol–water partition coefficient (Wildman–Crippen LogP) is 6.33. The molecule has 9 heteroatoms. The summed E-state index contributed by atoms with van der Waals surface area (Å²) in [7, 11) is 1.46. The summed E-state index contributed by atoms with van der Waals surface area (Å²) in [4.78, 5) is 46.2. The Morgan fingerprint density at radius 1 is 1.00 bits per heavy atom. The van der Waals surface area contributed by atoms with Gasteiger partial charge >= 0.3 is 6.09 Å². The first-order chi connectivity index (χ1) is 19.3. The van der Waals surface area contributed by atoms with Crippen molar-refractivity contribution in [1.29, 1.82) is 0 Å². The summed E-state index contributed by atoms with van der Waals surface area (Å²) in [5.41, 5.74) is 3.22. The Morgan fingerprint density at radius 2 is 1.73 bits per heavy atom. The normalized spacial score (nSPS) is 14.1. The Kier molecular flexibility index (Phi) is 6.85. The van der Waals surface area contributed by atoms with Crippen LogP contribution in [0.25, 0.3) is 11.0 Å². The zero-order valence-corrected chi connectivity index (χ0v) is 24.4. The van der Waals surface area contributed by atoms with Crippen molar-refractivity contribution in [2.75, 3.05) is 23.9 Å². The summed E-state index contributed by atoms with van der Waals surface area (Å²) in [6, 6.07) is 17.9. The van der Waals surface area contributed by atoms with E-state index in [1.807, 2.05) is 18.2 Å². The fourth-order valence-corrected chi connectivity index (χ4v) is 5.24. The van der Waals surface area contributed by atoms with E-state index < -0.39 is 17.6 Å². The van der Waals surface area contributed by atoms with Gasteiger partial charge < -0.3 is 19.7 Å². The number of hydrogen-bond donors (Lipinski definition) is 1. The molecule has 5 rings (SSSR count). The molecule has 0 atom stereocenters. The highest BCUT2D eigenvalue weighted by atomic mass is 16.6. The maximum atomic E-state index is 13.6. The summed E-state index contributed by atoms with van der Waals surface area (Å²) in [6.45, 7) is 11.9. The monoisotopic (exact) mass is 554 g/mol. The number of nitrogens with zero attached hydrogens (tertiary/aromatic N) is 3. The van der Waals surface area contributed by atoms with Crippen LogP contribution in [0.15, 0.2) is 60.7 Å². The molecular weight excluding hydrogens is 520 g/mol. The number of anilines is 2. The molecule has 4 aromatic rings. The lowest BCUT2D eigenvalue weighted by Gasteiger charge is -2.21. The summed E-state index contributed by atoms with van der Waals surface area (Å²) in [5.74, 6) is 0.0949. The second kappa shape index (κ2) is 10.1. The molecule has 41 heavy (non-hydrogen) atoms. The molecule has 2 heterocycles. The third kappa shape index (κ3) is 5.15. The Labute approximate surface area is 239 Å². The number of hydrogen-bond acceptors (Lipinski definition) is 6. The van der Waals surface area contributed by atoms with Gasteiger partial charge in [-0.25, -0.2) is 14.3 Å². The lowest BCUT2D eigenvalue weighted by atomic mass is 9.87. The molecule has 1 N–H and O–H groups in total. The molecule has 0 saturated carbocycles. The van der Waals surface area contributed by atoms with Crippen LogP contribution < -0.4 is 15.0 Å². The van der Waals surface area contributed by atoms with Crippen molar-refractivity contribution in [3.05, 3.63) is 83.2 Å². The van der Waals surface area contributed by atoms with E-state index in [0.29, 0.717) is 34.7 Å². The van der Waals surface area contributed by atoms with Crippen molar-refractivity contribution in [3.63, 3.8) is 0 Å². The minimum Gasteiger partial charge on any atom is -0.496 e.